The number of hydrogen-bond donors (Lipinski definition) is 1. The summed E-state index contributed by atoms with van der Waals surface area (Å²) in [6.07, 6.45) is 1.10. The fourth-order valence-corrected chi connectivity index (χ4v) is 1.26. The zero-order chi connectivity index (χ0) is 12.7. The molecule has 0 amide bonds. The van der Waals surface area contributed by atoms with E-state index in [-0.39, 0.29) is 5.97 Å². The van der Waals surface area contributed by atoms with E-state index in [2.05, 4.69) is 18.8 Å². The largest absolute Gasteiger partial charge is 0.457 e. The first-order chi connectivity index (χ1) is 8.13. The molecular weight excluding hydrogens is 214 g/mol. The molecule has 92 valence electrons. The Morgan fingerprint density at radius 1 is 1.35 bits per heavy atom. The summed E-state index contributed by atoms with van der Waals surface area (Å²) in [5.41, 5.74) is 2.48. The van der Waals surface area contributed by atoms with Crippen molar-refractivity contribution < 1.29 is 9.53 Å². The molecule has 1 N–H and O–H groups in total. The van der Waals surface area contributed by atoms with E-state index in [1.54, 1.807) is 6.92 Å². The second kappa shape index (κ2) is 6.74. The highest BCUT2D eigenvalue weighted by atomic mass is 16.5. The summed E-state index contributed by atoms with van der Waals surface area (Å²) in [5, 5.41) is 3.28. The van der Waals surface area contributed by atoms with Gasteiger partial charge in [-0.05, 0) is 31.0 Å². The van der Waals surface area contributed by atoms with Crippen molar-refractivity contribution in [2.75, 3.05) is 11.9 Å². The Bertz CT molecular complexity index is 382. The zero-order valence-electron chi connectivity index (χ0n) is 10.5. The normalized spacial score (nSPS) is 9.76. The van der Waals surface area contributed by atoms with E-state index in [0.717, 1.165) is 24.2 Å². The zero-order valence-corrected chi connectivity index (χ0v) is 10.5. The van der Waals surface area contributed by atoms with Gasteiger partial charge in [-0.3, -0.25) is 0 Å². The maximum Gasteiger partial charge on any atom is 0.333 e. The van der Waals surface area contributed by atoms with Gasteiger partial charge in [0, 0.05) is 17.8 Å². The van der Waals surface area contributed by atoms with E-state index in [4.69, 9.17) is 4.74 Å². The second-order valence-electron chi connectivity index (χ2n) is 3.98. The number of anilines is 1. The minimum atomic E-state index is -0.349. The molecule has 3 heteroatoms. The van der Waals surface area contributed by atoms with E-state index < -0.39 is 0 Å². The van der Waals surface area contributed by atoms with Crippen LogP contribution in [0, 0.1) is 0 Å². The van der Waals surface area contributed by atoms with Crippen LogP contribution in [0.5, 0.6) is 0 Å². The lowest BCUT2D eigenvalue weighted by atomic mass is 10.2. The van der Waals surface area contributed by atoms with Crippen LogP contribution in [0.1, 0.15) is 25.8 Å². The molecule has 0 aliphatic carbocycles. The molecule has 0 saturated carbocycles. The molecule has 3 nitrogen and oxygen atoms in total. The fraction of sp³-hybridized carbons (Fsp3) is 0.357. The molecule has 0 heterocycles. The molecule has 0 atom stereocenters. The number of rotatable bonds is 6. The van der Waals surface area contributed by atoms with Gasteiger partial charge in [-0.15, -0.1) is 0 Å². The van der Waals surface area contributed by atoms with E-state index in [1.165, 1.54) is 0 Å². The van der Waals surface area contributed by atoms with Gasteiger partial charge < -0.3 is 10.1 Å². The van der Waals surface area contributed by atoms with E-state index in [1.807, 2.05) is 24.3 Å². The van der Waals surface area contributed by atoms with Gasteiger partial charge in [0.1, 0.15) is 6.61 Å². The molecule has 17 heavy (non-hydrogen) atoms. The molecule has 0 unspecified atom stereocenters. The first-order valence-electron chi connectivity index (χ1n) is 5.79. The predicted molar refractivity (Wildman–Crippen MR) is 69.8 cm³/mol. The van der Waals surface area contributed by atoms with Gasteiger partial charge in [0.05, 0.1) is 0 Å². The standard InChI is InChI=1S/C14H19NO2/c1-4-9-15-13-7-5-12(6-8-13)10-17-14(16)11(2)3/h5-8,15H,2,4,9-10H2,1,3H3. The van der Waals surface area contributed by atoms with Crippen LogP contribution in [0.4, 0.5) is 5.69 Å². The van der Waals surface area contributed by atoms with Crippen molar-refractivity contribution in [2.45, 2.75) is 26.9 Å². The molecule has 0 aliphatic rings. The van der Waals surface area contributed by atoms with Crippen molar-refractivity contribution >= 4 is 11.7 Å². The third-order valence-electron chi connectivity index (χ3n) is 2.25. The van der Waals surface area contributed by atoms with Gasteiger partial charge in [-0.2, -0.15) is 0 Å². The lowest BCUT2D eigenvalue weighted by molar-refractivity contribution is -0.140. The van der Waals surface area contributed by atoms with Crippen molar-refractivity contribution in [1.29, 1.82) is 0 Å². The summed E-state index contributed by atoms with van der Waals surface area (Å²) in [4.78, 5) is 11.2. The summed E-state index contributed by atoms with van der Waals surface area (Å²) in [7, 11) is 0. The molecular formula is C14H19NO2. The number of nitrogens with one attached hydrogen (secondary N) is 1. The van der Waals surface area contributed by atoms with Crippen LogP contribution in [-0.4, -0.2) is 12.5 Å². The van der Waals surface area contributed by atoms with Gasteiger partial charge >= 0.3 is 5.97 Å². The molecule has 1 aromatic rings. The lowest BCUT2D eigenvalue weighted by Crippen LogP contribution is -2.05. The van der Waals surface area contributed by atoms with Crippen LogP contribution in [0.3, 0.4) is 0 Å². The minimum absolute atomic E-state index is 0.291. The maximum absolute atomic E-state index is 11.2. The van der Waals surface area contributed by atoms with Crippen LogP contribution >= 0.6 is 0 Å². The van der Waals surface area contributed by atoms with Crippen molar-refractivity contribution in [3.63, 3.8) is 0 Å². The Morgan fingerprint density at radius 3 is 2.53 bits per heavy atom. The van der Waals surface area contributed by atoms with Crippen molar-refractivity contribution in [1.82, 2.24) is 0 Å². The van der Waals surface area contributed by atoms with Gasteiger partial charge in [0.15, 0.2) is 0 Å². The number of benzene rings is 1. The molecule has 0 aliphatic heterocycles. The number of carbonyl (C=O) groups excluding carboxylic acids is 1. The average molecular weight is 233 g/mol. The smallest absolute Gasteiger partial charge is 0.333 e. The number of hydrogen-bond acceptors (Lipinski definition) is 3. The van der Waals surface area contributed by atoms with Crippen LogP contribution in [0.15, 0.2) is 36.4 Å². The Balaban J connectivity index is 2.45. The van der Waals surface area contributed by atoms with Gasteiger partial charge in [0.2, 0.25) is 0 Å². The molecule has 1 rings (SSSR count). The van der Waals surface area contributed by atoms with Crippen LogP contribution in [0.2, 0.25) is 0 Å². The van der Waals surface area contributed by atoms with E-state index in [0.29, 0.717) is 12.2 Å². The Labute approximate surface area is 102 Å². The van der Waals surface area contributed by atoms with Gasteiger partial charge in [-0.1, -0.05) is 25.6 Å². The Morgan fingerprint density at radius 2 is 2.00 bits per heavy atom. The highest BCUT2D eigenvalue weighted by Crippen LogP contribution is 2.10. The predicted octanol–water partition coefficient (Wildman–Crippen LogP) is 3.13. The third-order valence-corrected chi connectivity index (χ3v) is 2.25. The molecule has 0 fully saturated rings. The monoisotopic (exact) mass is 233 g/mol. The number of carbonyl (C=O) groups is 1. The topological polar surface area (TPSA) is 38.3 Å². The van der Waals surface area contributed by atoms with Gasteiger partial charge in [0.25, 0.3) is 0 Å². The average Bonchev–Trinajstić information content (AvgIpc) is 2.34. The Kier molecular flexibility index (Phi) is 5.27. The third kappa shape index (κ3) is 4.72. The fourth-order valence-electron chi connectivity index (χ4n) is 1.26. The summed E-state index contributed by atoms with van der Waals surface area (Å²) in [5.74, 6) is -0.349. The first kappa shape index (κ1) is 13.3. The second-order valence-corrected chi connectivity index (χ2v) is 3.98. The number of esters is 1. The molecule has 0 saturated heterocycles. The first-order valence-corrected chi connectivity index (χ1v) is 5.79. The van der Waals surface area contributed by atoms with Crippen molar-refractivity contribution in [2.24, 2.45) is 0 Å². The molecule has 1 aromatic carbocycles. The summed E-state index contributed by atoms with van der Waals surface area (Å²) >= 11 is 0. The quantitative estimate of drug-likeness (QED) is 0.606. The summed E-state index contributed by atoms with van der Waals surface area (Å²) in [6, 6.07) is 7.87. The number of ether oxygens (including phenoxy) is 1. The molecule has 0 bridgehead atoms. The van der Waals surface area contributed by atoms with Crippen LogP contribution in [-0.2, 0) is 16.1 Å². The Hall–Kier alpha value is -1.77. The van der Waals surface area contributed by atoms with Crippen molar-refractivity contribution in [3.05, 3.63) is 42.0 Å². The molecule has 0 radical (unpaired) electrons. The van der Waals surface area contributed by atoms with Crippen LogP contribution in [0.25, 0.3) is 0 Å². The van der Waals surface area contributed by atoms with Crippen molar-refractivity contribution in [3.8, 4) is 0 Å². The van der Waals surface area contributed by atoms with Crippen LogP contribution < -0.4 is 5.32 Å². The summed E-state index contributed by atoms with van der Waals surface area (Å²) in [6.45, 7) is 8.55. The van der Waals surface area contributed by atoms with Gasteiger partial charge in [-0.25, -0.2) is 4.79 Å². The highest BCUT2D eigenvalue weighted by molar-refractivity contribution is 5.86. The highest BCUT2D eigenvalue weighted by Gasteiger charge is 2.03. The molecule has 0 spiro atoms. The molecule has 0 aromatic heterocycles. The summed E-state index contributed by atoms with van der Waals surface area (Å²) < 4.78 is 5.05. The van der Waals surface area contributed by atoms with E-state index in [9.17, 15) is 4.79 Å². The van der Waals surface area contributed by atoms with E-state index >= 15 is 0 Å². The SMILES string of the molecule is C=C(C)C(=O)OCc1ccc(NCCC)cc1. The minimum Gasteiger partial charge on any atom is -0.457 e. The lowest BCUT2D eigenvalue weighted by Gasteiger charge is -2.07. The maximum atomic E-state index is 11.2.